The van der Waals surface area contributed by atoms with Crippen LogP contribution in [-0.4, -0.2) is 44.5 Å². The number of nitrogens with one attached hydrogen (secondary N) is 2. The van der Waals surface area contributed by atoms with E-state index in [2.05, 4.69) is 10.6 Å². The van der Waals surface area contributed by atoms with E-state index in [1.807, 2.05) is 20.8 Å². The summed E-state index contributed by atoms with van der Waals surface area (Å²) >= 11 is 0. The van der Waals surface area contributed by atoms with Crippen molar-refractivity contribution < 1.29 is 14.3 Å². The number of carbonyl (C=O) groups excluding carboxylic acids is 1. The second-order valence-corrected chi connectivity index (χ2v) is 6.55. The molecule has 0 bridgehead atoms. The van der Waals surface area contributed by atoms with Gasteiger partial charge in [-0.3, -0.25) is 10.1 Å². The second-order valence-electron chi connectivity index (χ2n) is 6.55. The minimum absolute atomic E-state index is 0.125. The van der Waals surface area contributed by atoms with Crippen LogP contribution in [0.2, 0.25) is 0 Å². The maximum Gasteiger partial charge on any atom is 0.311 e. The second kappa shape index (κ2) is 6.20. The van der Waals surface area contributed by atoms with E-state index in [0.717, 1.165) is 25.9 Å². The standard InChI is InChI=1S/C14H26N2O3/c1-14(2,3)13(17)19-9-11-8-18-12(16-11)10-4-6-15-7-5-10/h10-12,15-16H,4-9H2,1-3H3. The molecule has 2 fully saturated rings. The molecule has 0 aliphatic carbocycles. The Balaban J connectivity index is 1.71. The third kappa shape index (κ3) is 4.16. The molecule has 0 radical (unpaired) electrons. The first-order valence-corrected chi connectivity index (χ1v) is 7.22. The van der Waals surface area contributed by atoms with Crippen molar-refractivity contribution in [2.24, 2.45) is 11.3 Å². The van der Waals surface area contributed by atoms with Gasteiger partial charge in [0, 0.05) is 5.92 Å². The first-order valence-electron chi connectivity index (χ1n) is 7.22. The molecule has 2 aliphatic heterocycles. The lowest BCUT2D eigenvalue weighted by Crippen LogP contribution is -2.42. The summed E-state index contributed by atoms with van der Waals surface area (Å²) in [6, 6.07) is 0.131. The lowest BCUT2D eigenvalue weighted by atomic mass is 9.96. The summed E-state index contributed by atoms with van der Waals surface area (Å²) in [7, 11) is 0. The van der Waals surface area contributed by atoms with Crippen LogP contribution in [0.25, 0.3) is 0 Å². The lowest BCUT2D eigenvalue weighted by molar-refractivity contribution is -0.153. The van der Waals surface area contributed by atoms with Crippen molar-refractivity contribution in [2.45, 2.75) is 45.9 Å². The molecule has 0 spiro atoms. The lowest BCUT2D eigenvalue weighted by Gasteiger charge is -2.27. The summed E-state index contributed by atoms with van der Waals surface area (Å²) in [6.45, 7) is 8.76. The number of esters is 1. The molecule has 0 saturated carbocycles. The van der Waals surface area contributed by atoms with Gasteiger partial charge in [-0.05, 0) is 46.7 Å². The molecule has 2 atom stereocenters. The molecule has 2 saturated heterocycles. The first-order chi connectivity index (χ1) is 8.97. The molecule has 0 aromatic heterocycles. The van der Waals surface area contributed by atoms with Crippen LogP contribution >= 0.6 is 0 Å². The van der Waals surface area contributed by atoms with Gasteiger partial charge in [0.1, 0.15) is 12.8 Å². The molecule has 19 heavy (non-hydrogen) atoms. The largest absolute Gasteiger partial charge is 0.464 e. The quantitative estimate of drug-likeness (QED) is 0.746. The molecule has 2 N–H and O–H groups in total. The Morgan fingerprint density at radius 1 is 1.32 bits per heavy atom. The van der Waals surface area contributed by atoms with E-state index in [4.69, 9.17) is 9.47 Å². The summed E-state index contributed by atoms with van der Waals surface area (Å²) in [5.41, 5.74) is -0.437. The number of hydrogen-bond acceptors (Lipinski definition) is 5. The maximum absolute atomic E-state index is 11.7. The normalized spacial score (nSPS) is 29.4. The van der Waals surface area contributed by atoms with Crippen LogP contribution < -0.4 is 10.6 Å². The highest BCUT2D eigenvalue weighted by Crippen LogP contribution is 2.22. The molecule has 0 amide bonds. The van der Waals surface area contributed by atoms with Gasteiger partial charge in [-0.25, -0.2) is 0 Å². The van der Waals surface area contributed by atoms with Crippen LogP contribution in [0.3, 0.4) is 0 Å². The minimum Gasteiger partial charge on any atom is -0.464 e. The van der Waals surface area contributed by atoms with Gasteiger partial charge in [-0.15, -0.1) is 0 Å². The molecular formula is C14H26N2O3. The number of piperidine rings is 1. The van der Waals surface area contributed by atoms with E-state index in [-0.39, 0.29) is 18.2 Å². The summed E-state index contributed by atoms with van der Waals surface area (Å²) in [5.74, 6) is 0.421. The average Bonchev–Trinajstić information content (AvgIpc) is 2.84. The fourth-order valence-electron chi connectivity index (χ4n) is 2.46. The van der Waals surface area contributed by atoms with Crippen molar-refractivity contribution in [3.05, 3.63) is 0 Å². The third-order valence-electron chi connectivity index (χ3n) is 3.72. The van der Waals surface area contributed by atoms with Gasteiger partial charge >= 0.3 is 5.97 Å². The van der Waals surface area contributed by atoms with Crippen molar-refractivity contribution in [1.29, 1.82) is 0 Å². The fraction of sp³-hybridized carbons (Fsp3) is 0.929. The van der Waals surface area contributed by atoms with Gasteiger partial charge < -0.3 is 14.8 Å². The predicted molar refractivity (Wildman–Crippen MR) is 72.7 cm³/mol. The molecule has 2 rings (SSSR count). The van der Waals surface area contributed by atoms with E-state index in [0.29, 0.717) is 19.1 Å². The smallest absolute Gasteiger partial charge is 0.311 e. The van der Waals surface area contributed by atoms with Crippen molar-refractivity contribution in [3.63, 3.8) is 0 Å². The average molecular weight is 270 g/mol. The Bertz CT molecular complexity index is 308. The minimum atomic E-state index is -0.437. The fourth-order valence-corrected chi connectivity index (χ4v) is 2.46. The van der Waals surface area contributed by atoms with Gasteiger partial charge in [-0.1, -0.05) is 0 Å². The molecule has 2 heterocycles. The summed E-state index contributed by atoms with van der Waals surface area (Å²) < 4.78 is 11.1. The first kappa shape index (κ1) is 14.8. The van der Waals surface area contributed by atoms with Gasteiger partial charge in [0.15, 0.2) is 0 Å². The zero-order valence-corrected chi connectivity index (χ0v) is 12.2. The molecule has 2 aliphatic rings. The predicted octanol–water partition coefficient (Wildman–Crippen LogP) is 0.890. The highest BCUT2D eigenvalue weighted by atomic mass is 16.5. The molecule has 5 heteroatoms. The van der Waals surface area contributed by atoms with Gasteiger partial charge in [0.25, 0.3) is 0 Å². The van der Waals surface area contributed by atoms with Crippen LogP contribution in [-0.2, 0) is 14.3 Å². The SMILES string of the molecule is CC(C)(C)C(=O)OCC1COC(C2CCNCC2)N1. The Morgan fingerprint density at radius 2 is 2.00 bits per heavy atom. The molecule has 0 aromatic rings. The highest BCUT2D eigenvalue weighted by molar-refractivity contribution is 5.75. The van der Waals surface area contributed by atoms with Crippen molar-refractivity contribution in [1.82, 2.24) is 10.6 Å². The zero-order valence-electron chi connectivity index (χ0n) is 12.2. The van der Waals surface area contributed by atoms with Gasteiger partial charge in [-0.2, -0.15) is 0 Å². The van der Waals surface area contributed by atoms with Crippen LogP contribution in [0, 0.1) is 11.3 Å². The monoisotopic (exact) mass is 270 g/mol. The number of ether oxygens (including phenoxy) is 2. The van der Waals surface area contributed by atoms with E-state index in [9.17, 15) is 4.79 Å². The summed E-state index contributed by atoms with van der Waals surface area (Å²) in [6.07, 6.45) is 2.42. The van der Waals surface area contributed by atoms with Crippen LogP contribution in [0.4, 0.5) is 0 Å². The van der Waals surface area contributed by atoms with E-state index in [1.54, 1.807) is 0 Å². The molecule has 110 valence electrons. The van der Waals surface area contributed by atoms with Gasteiger partial charge in [0.2, 0.25) is 0 Å². The molecule has 5 nitrogen and oxygen atoms in total. The zero-order chi connectivity index (χ0) is 13.9. The van der Waals surface area contributed by atoms with Crippen molar-refractivity contribution >= 4 is 5.97 Å². The highest BCUT2D eigenvalue weighted by Gasteiger charge is 2.33. The van der Waals surface area contributed by atoms with Crippen LogP contribution in [0.5, 0.6) is 0 Å². The van der Waals surface area contributed by atoms with Crippen molar-refractivity contribution in [3.8, 4) is 0 Å². The Labute approximate surface area is 115 Å². The van der Waals surface area contributed by atoms with Crippen LogP contribution in [0.1, 0.15) is 33.6 Å². The van der Waals surface area contributed by atoms with E-state index < -0.39 is 5.41 Å². The Morgan fingerprint density at radius 3 is 2.63 bits per heavy atom. The summed E-state index contributed by atoms with van der Waals surface area (Å²) in [4.78, 5) is 11.7. The summed E-state index contributed by atoms with van der Waals surface area (Å²) in [5, 5.41) is 6.79. The molecule has 0 aromatic carbocycles. The third-order valence-corrected chi connectivity index (χ3v) is 3.72. The number of rotatable bonds is 3. The molecular weight excluding hydrogens is 244 g/mol. The topological polar surface area (TPSA) is 59.6 Å². The van der Waals surface area contributed by atoms with Gasteiger partial charge in [0.05, 0.1) is 18.1 Å². The molecule has 2 unspecified atom stereocenters. The Kier molecular flexibility index (Phi) is 4.81. The number of carbonyl (C=O) groups is 1. The van der Waals surface area contributed by atoms with Crippen LogP contribution in [0.15, 0.2) is 0 Å². The number of hydrogen-bond donors (Lipinski definition) is 2. The van der Waals surface area contributed by atoms with E-state index >= 15 is 0 Å². The van der Waals surface area contributed by atoms with Crippen molar-refractivity contribution in [2.75, 3.05) is 26.3 Å². The van der Waals surface area contributed by atoms with E-state index in [1.165, 1.54) is 0 Å². The Hall–Kier alpha value is -0.650. The maximum atomic E-state index is 11.7.